The van der Waals surface area contributed by atoms with Gasteiger partial charge in [0.05, 0.1) is 48.8 Å². The Labute approximate surface area is 310 Å². The van der Waals surface area contributed by atoms with Gasteiger partial charge in [-0.3, -0.25) is 24.1 Å². The summed E-state index contributed by atoms with van der Waals surface area (Å²) in [6.45, 7) is 0. The summed E-state index contributed by atoms with van der Waals surface area (Å²) >= 11 is 6.41. The number of rotatable bonds is 7. The minimum atomic E-state index is -1.81. The smallest absolute Gasteiger partial charge is 0.488 e. The van der Waals surface area contributed by atoms with E-state index in [2.05, 4.69) is 0 Å². The molecule has 2 aliphatic heterocycles. The molecule has 1 saturated carbocycles. The van der Waals surface area contributed by atoms with Gasteiger partial charge in [-0.05, 0) is 60.1 Å². The molecule has 6 atom stereocenters. The molecule has 0 spiro atoms. The quantitative estimate of drug-likeness (QED) is 0.145. The Morgan fingerprint density at radius 2 is 1.43 bits per heavy atom. The zero-order valence-electron chi connectivity index (χ0n) is 28.7. The van der Waals surface area contributed by atoms with Gasteiger partial charge >= 0.3 is 7.12 Å². The van der Waals surface area contributed by atoms with Crippen LogP contribution in [-0.2, 0) is 24.6 Å². The van der Waals surface area contributed by atoms with Crippen LogP contribution in [0.4, 0.5) is 11.4 Å². The number of aromatic hydroxyl groups is 1. The van der Waals surface area contributed by atoms with Crippen molar-refractivity contribution in [1.29, 1.82) is 0 Å². The van der Waals surface area contributed by atoms with E-state index in [0.29, 0.717) is 27.4 Å². The number of amides is 4. The minimum Gasteiger partial charge on any atom is -0.508 e. The molecular formula is C40H34BClN2O9. The van der Waals surface area contributed by atoms with E-state index in [-0.39, 0.29) is 41.2 Å². The van der Waals surface area contributed by atoms with Crippen LogP contribution in [0.1, 0.15) is 29.9 Å². The summed E-state index contributed by atoms with van der Waals surface area (Å²) in [4.78, 5) is 61.5. The highest BCUT2D eigenvalue weighted by Crippen LogP contribution is 2.66. The van der Waals surface area contributed by atoms with Gasteiger partial charge in [0, 0.05) is 28.6 Å². The van der Waals surface area contributed by atoms with Crippen molar-refractivity contribution in [1.82, 2.24) is 0 Å². The van der Waals surface area contributed by atoms with Crippen molar-refractivity contribution in [2.24, 2.45) is 23.7 Å². The normalized spacial score (nSPS) is 26.2. The highest BCUT2D eigenvalue weighted by Gasteiger charge is 2.71. The number of allylic oxidation sites excluding steroid dienone is 2. The third-order valence-corrected chi connectivity index (χ3v) is 11.6. The molecule has 3 fully saturated rings. The minimum absolute atomic E-state index is 0.0605. The van der Waals surface area contributed by atoms with Crippen LogP contribution >= 0.6 is 11.6 Å². The molecule has 4 aromatic carbocycles. The number of anilines is 2. The van der Waals surface area contributed by atoms with E-state index in [1.807, 2.05) is 24.3 Å². The summed E-state index contributed by atoms with van der Waals surface area (Å²) in [7, 11) is 1.06. The molecular weight excluding hydrogens is 699 g/mol. The molecule has 8 rings (SSSR count). The van der Waals surface area contributed by atoms with Crippen LogP contribution in [0.5, 0.6) is 17.2 Å². The number of phenolic OH excluding ortho intramolecular Hbond substituents is 1. The van der Waals surface area contributed by atoms with E-state index in [9.17, 15) is 24.7 Å². The van der Waals surface area contributed by atoms with E-state index in [1.54, 1.807) is 42.5 Å². The van der Waals surface area contributed by atoms with Crippen LogP contribution in [-0.4, -0.2) is 60.1 Å². The first kappa shape index (κ1) is 34.6. The molecule has 2 heterocycles. The van der Waals surface area contributed by atoms with E-state index in [4.69, 9.17) is 21.1 Å². The molecule has 0 radical (unpaired) electrons. The fourth-order valence-electron chi connectivity index (χ4n) is 9.35. The van der Waals surface area contributed by atoms with E-state index in [0.717, 1.165) is 4.90 Å². The van der Waals surface area contributed by atoms with Crippen molar-refractivity contribution < 1.29 is 43.8 Å². The summed E-state index contributed by atoms with van der Waals surface area (Å²) in [5, 5.41) is 30.8. The first-order chi connectivity index (χ1) is 25.5. The van der Waals surface area contributed by atoms with E-state index >= 15 is 9.59 Å². The predicted octanol–water partition coefficient (Wildman–Crippen LogP) is 4.11. The molecule has 4 aliphatic rings. The molecule has 13 heteroatoms. The number of halogens is 1. The molecule has 2 saturated heterocycles. The zero-order chi connectivity index (χ0) is 37.3. The lowest BCUT2D eigenvalue weighted by Gasteiger charge is -2.51. The molecule has 268 valence electrons. The molecule has 11 nitrogen and oxygen atoms in total. The van der Waals surface area contributed by atoms with Crippen LogP contribution in [0.15, 0.2) is 103 Å². The van der Waals surface area contributed by atoms with Crippen LogP contribution in [0.3, 0.4) is 0 Å². The second kappa shape index (κ2) is 12.9. The van der Waals surface area contributed by atoms with Crippen LogP contribution < -0.4 is 24.7 Å². The lowest BCUT2D eigenvalue weighted by molar-refractivity contribution is -0.127. The number of hydrogen-bond donors (Lipinski definition) is 3. The van der Waals surface area contributed by atoms with Gasteiger partial charge in [0.2, 0.25) is 23.6 Å². The topological polar surface area (TPSA) is 154 Å². The molecule has 53 heavy (non-hydrogen) atoms. The molecule has 6 unspecified atom stereocenters. The monoisotopic (exact) mass is 732 g/mol. The Hall–Kier alpha value is -5.43. The number of phenols is 1. The lowest BCUT2D eigenvalue weighted by Crippen LogP contribution is -2.53. The van der Waals surface area contributed by atoms with Crippen LogP contribution in [0, 0.1) is 23.7 Å². The van der Waals surface area contributed by atoms with Gasteiger partial charge < -0.3 is 24.6 Å². The molecule has 2 aliphatic carbocycles. The fraction of sp³-hybridized carbons (Fsp3) is 0.250. The highest BCUT2D eigenvalue weighted by atomic mass is 35.5. The van der Waals surface area contributed by atoms with Crippen molar-refractivity contribution in [2.45, 2.75) is 24.2 Å². The first-order valence-corrected chi connectivity index (χ1v) is 17.6. The van der Waals surface area contributed by atoms with Gasteiger partial charge in [0.15, 0.2) is 0 Å². The highest BCUT2D eigenvalue weighted by molar-refractivity contribution is 6.58. The van der Waals surface area contributed by atoms with Crippen molar-refractivity contribution in [3.05, 3.63) is 119 Å². The first-order valence-electron chi connectivity index (χ1n) is 17.2. The molecule has 0 aromatic heterocycles. The number of fused-ring (bicyclic) bond motifs is 4. The SMILES string of the molecule is COc1cc(O)cc(OC)c1C1C2=CCC3C(=O)N(c4cccc(B(O)O)c4)C(=O)C3C2CC2C(=O)N(c3cccc(Cl)c3)C(=O)C21c1ccccc1. The van der Waals surface area contributed by atoms with Gasteiger partial charge in [-0.2, -0.15) is 0 Å². The summed E-state index contributed by atoms with van der Waals surface area (Å²) in [6, 6.07) is 24.4. The maximum atomic E-state index is 15.5. The number of benzene rings is 4. The van der Waals surface area contributed by atoms with Crippen LogP contribution in [0.2, 0.25) is 5.02 Å². The van der Waals surface area contributed by atoms with E-state index in [1.165, 1.54) is 49.5 Å². The molecule has 4 aromatic rings. The van der Waals surface area contributed by atoms with Crippen LogP contribution in [0.25, 0.3) is 0 Å². The fourth-order valence-corrected chi connectivity index (χ4v) is 9.53. The number of hydrogen-bond acceptors (Lipinski definition) is 9. The Bertz CT molecular complexity index is 2200. The number of nitrogens with zero attached hydrogens (tertiary/aromatic N) is 2. The van der Waals surface area contributed by atoms with E-state index < -0.39 is 65.8 Å². The maximum absolute atomic E-state index is 15.5. The number of ether oxygens (including phenoxy) is 2. The lowest BCUT2D eigenvalue weighted by atomic mass is 9.49. The Morgan fingerprint density at radius 1 is 0.774 bits per heavy atom. The zero-order valence-corrected chi connectivity index (χ0v) is 29.4. The van der Waals surface area contributed by atoms with Gasteiger partial charge in [0.25, 0.3) is 0 Å². The van der Waals surface area contributed by atoms with Gasteiger partial charge in [-0.15, -0.1) is 0 Å². The van der Waals surface area contributed by atoms with Crippen molar-refractivity contribution in [3.8, 4) is 17.2 Å². The average Bonchev–Trinajstić information content (AvgIpc) is 3.55. The summed E-state index contributed by atoms with van der Waals surface area (Å²) < 4.78 is 11.8. The van der Waals surface area contributed by atoms with Gasteiger partial charge in [0.1, 0.15) is 17.2 Å². The Balaban J connectivity index is 1.38. The second-order valence-electron chi connectivity index (χ2n) is 13.8. The molecule has 0 bridgehead atoms. The summed E-state index contributed by atoms with van der Waals surface area (Å²) in [5.41, 5.74) is 0.655. The van der Waals surface area contributed by atoms with Crippen molar-refractivity contribution >= 4 is 59.2 Å². The summed E-state index contributed by atoms with van der Waals surface area (Å²) in [6.07, 6.45) is 2.13. The third kappa shape index (κ3) is 5.03. The number of imide groups is 2. The molecule has 4 amide bonds. The standard InChI is InChI=1S/C40H34BClN2O9/c1-52-31-18-26(45)19-32(53-2)34(31)35-27-14-15-28-33(38(48)43(36(28)46)24-12-6-10-22(16-24)41(50)51)29(27)20-30-37(47)44(25-13-7-11-23(42)17-25)39(49)40(30,35)21-8-4-3-5-9-21/h3-14,16-19,28-30,33,35,45,50-51H,15,20H2,1-2H3. The van der Waals surface area contributed by atoms with Crippen molar-refractivity contribution in [3.63, 3.8) is 0 Å². The Morgan fingerprint density at radius 3 is 2.08 bits per heavy atom. The number of methoxy groups -OCH3 is 2. The molecule has 3 N–H and O–H groups in total. The van der Waals surface area contributed by atoms with Gasteiger partial charge in [-0.25, -0.2) is 4.90 Å². The number of carbonyl (C=O) groups is 4. The summed E-state index contributed by atoms with van der Waals surface area (Å²) in [5.74, 6) is -6.00. The third-order valence-electron chi connectivity index (χ3n) is 11.4. The maximum Gasteiger partial charge on any atom is 0.488 e. The van der Waals surface area contributed by atoms with Crippen molar-refractivity contribution in [2.75, 3.05) is 24.0 Å². The number of carbonyl (C=O) groups excluding carboxylic acids is 4. The average molecular weight is 733 g/mol. The largest absolute Gasteiger partial charge is 0.508 e. The second-order valence-corrected chi connectivity index (χ2v) is 14.3. The predicted molar refractivity (Wildman–Crippen MR) is 196 cm³/mol. The van der Waals surface area contributed by atoms with Gasteiger partial charge in [-0.1, -0.05) is 71.8 Å². The Kier molecular flexibility index (Phi) is 8.44.